The maximum absolute atomic E-state index is 11.9. The van der Waals surface area contributed by atoms with Crippen LogP contribution in [0.1, 0.15) is 63.4 Å². The zero-order valence-corrected chi connectivity index (χ0v) is 25.8. The van der Waals surface area contributed by atoms with Crippen molar-refractivity contribution in [3.8, 4) is 5.75 Å². The van der Waals surface area contributed by atoms with Gasteiger partial charge in [0.15, 0.2) is 0 Å². The summed E-state index contributed by atoms with van der Waals surface area (Å²) < 4.78 is 5.89. The van der Waals surface area contributed by atoms with Gasteiger partial charge in [0.05, 0.1) is 11.1 Å². The first-order valence-corrected chi connectivity index (χ1v) is 15.7. The monoisotopic (exact) mass is 624 g/mol. The highest BCUT2D eigenvalue weighted by Gasteiger charge is 2.23. The molecular formula is C37H40N2O7. The maximum atomic E-state index is 11.9. The molecule has 0 bridgehead atoms. The molecule has 2 aliphatic heterocycles. The molecule has 4 aromatic rings. The predicted octanol–water partition coefficient (Wildman–Crippen LogP) is 5.66. The number of rotatable bonds is 10. The van der Waals surface area contributed by atoms with E-state index in [2.05, 4.69) is 47.4 Å². The molecular weight excluding hydrogens is 584 g/mol. The van der Waals surface area contributed by atoms with Crippen LogP contribution in [0.15, 0.2) is 91.0 Å². The highest BCUT2D eigenvalue weighted by Crippen LogP contribution is 2.30. The number of aliphatic hydroxyl groups excluding tert-OH is 1. The van der Waals surface area contributed by atoms with Crippen LogP contribution in [0.2, 0.25) is 0 Å². The van der Waals surface area contributed by atoms with Crippen molar-refractivity contribution in [2.24, 2.45) is 0 Å². The summed E-state index contributed by atoms with van der Waals surface area (Å²) in [6.45, 7) is 4.36. The van der Waals surface area contributed by atoms with E-state index in [1.54, 1.807) is 0 Å². The van der Waals surface area contributed by atoms with Gasteiger partial charge in [-0.15, -0.1) is 0 Å². The number of aliphatic hydroxyl groups is 1. The minimum atomic E-state index is -1.06. The van der Waals surface area contributed by atoms with Crippen LogP contribution in [0.5, 0.6) is 5.75 Å². The van der Waals surface area contributed by atoms with Gasteiger partial charge in [0.1, 0.15) is 18.5 Å². The second-order valence-electron chi connectivity index (χ2n) is 11.9. The Bertz CT molecular complexity index is 1610. The molecule has 1 amide bonds. The van der Waals surface area contributed by atoms with Crippen LogP contribution >= 0.6 is 0 Å². The number of ether oxygens (including phenoxy) is 1. The molecule has 0 spiro atoms. The second kappa shape index (κ2) is 15.5. The van der Waals surface area contributed by atoms with E-state index < -0.39 is 18.0 Å². The van der Waals surface area contributed by atoms with Gasteiger partial charge in [-0.1, -0.05) is 54.6 Å². The average molecular weight is 625 g/mol. The first kappa shape index (κ1) is 32.7. The molecule has 0 saturated carbocycles. The lowest BCUT2D eigenvalue weighted by Crippen LogP contribution is -2.40. The fourth-order valence-corrected chi connectivity index (χ4v) is 6.03. The Balaban J connectivity index is 0.000000293. The zero-order valence-electron chi connectivity index (χ0n) is 25.8. The lowest BCUT2D eigenvalue weighted by Gasteiger charge is -2.33. The lowest BCUT2D eigenvalue weighted by molar-refractivity contribution is -0.128. The highest BCUT2D eigenvalue weighted by atomic mass is 16.5. The molecule has 240 valence electrons. The van der Waals surface area contributed by atoms with Crippen LogP contribution in [0.25, 0.3) is 10.8 Å². The number of hydrogen-bond donors (Lipinski definition) is 3. The van der Waals surface area contributed by atoms with Gasteiger partial charge in [0.25, 0.3) is 0 Å². The topological polar surface area (TPSA) is 128 Å². The van der Waals surface area contributed by atoms with Crippen molar-refractivity contribution in [3.63, 3.8) is 0 Å². The first-order valence-electron chi connectivity index (χ1n) is 15.7. The number of likely N-dealkylation sites (tertiary alicyclic amines) is 2. The van der Waals surface area contributed by atoms with Crippen molar-refractivity contribution in [1.82, 2.24) is 9.80 Å². The Kier molecular flexibility index (Phi) is 11.0. The standard InChI is InChI=1S/C29H34N2O3.C8H6O4/c32-27(21-34-28-8-3-5-22(17-28)19-31-14-4-9-29(31)33)20-30-15-12-24(13-16-30)26-11-10-23-6-1-2-7-25(23)18-26;9-7(10)5-1-2-6(4-3-5)8(11)12/h1-3,5-8,10-11,17-18,24,27,32H,4,9,12-16,19-21H2;1-4H,(H,9,10)(H,11,12)/t27-;/m0./s1. The number of amides is 1. The zero-order chi connectivity index (χ0) is 32.5. The number of aromatic carboxylic acids is 2. The van der Waals surface area contributed by atoms with Gasteiger partial charge >= 0.3 is 11.9 Å². The molecule has 6 rings (SSSR count). The third-order valence-electron chi connectivity index (χ3n) is 8.57. The third kappa shape index (κ3) is 8.93. The van der Waals surface area contributed by atoms with E-state index >= 15 is 0 Å². The number of carbonyl (C=O) groups is 3. The van der Waals surface area contributed by atoms with Gasteiger partial charge in [-0.2, -0.15) is 0 Å². The summed E-state index contributed by atoms with van der Waals surface area (Å²) in [4.78, 5) is 36.8. The normalized spacial score (nSPS) is 16.1. The predicted molar refractivity (Wildman–Crippen MR) is 175 cm³/mol. The molecule has 0 aromatic heterocycles. The summed E-state index contributed by atoms with van der Waals surface area (Å²) in [5.41, 5.74) is 2.66. The molecule has 2 aliphatic rings. The molecule has 1 atom stereocenters. The lowest BCUT2D eigenvalue weighted by atomic mass is 9.88. The smallest absolute Gasteiger partial charge is 0.335 e. The van der Waals surface area contributed by atoms with Gasteiger partial charge in [0, 0.05) is 26.1 Å². The molecule has 0 aliphatic carbocycles. The number of piperidine rings is 1. The minimum absolute atomic E-state index is 0.0833. The summed E-state index contributed by atoms with van der Waals surface area (Å²) in [7, 11) is 0. The molecule has 2 saturated heterocycles. The number of fused-ring (bicyclic) bond motifs is 1. The number of hydrogen-bond acceptors (Lipinski definition) is 6. The first-order chi connectivity index (χ1) is 22.2. The number of carbonyl (C=O) groups excluding carboxylic acids is 1. The Hall–Kier alpha value is -4.73. The van der Waals surface area contributed by atoms with Crippen LogP contribution < -0.4 is 4.74 Å². The summed E-state index contributed by atoms with van der Waals surface area (Å²) in [5.74, 6) is -0.567. The van der Waals surface area contributed by atoms with Gasteiger partial charge < -0.3 is 29.9 Å². The quantitative estimate of drug-likeness (QED) is 0.206. The third-order valence-corrected chi connectivity index (χ3v) is 8.57. The van der Waals surface area contributed by atoms with Crippen LogP contribution in [0.4, 0.5) is 0 Å². The molecule has 9 nitrogen and oxygen atoms in total. The van der Waals surface area contributed by atoms with Gasteiger partial charge in [-0.25, -0.2) is 9.59 Å². The van der Waals surface area contributed by atoms with Crippen molar-refractivity contribution < 1.29 is 34.4 Å². The Morgan fingerprint density at radius 1 is 0.804 bits per heavy atom. The molecule has 0 radical (unpaired) electrons. The average Bonchev–Trinajstić information content (AvgIpc) is 3.48. The van der Waals surface area contributed by atoms with Crippen LogP contribution in [-0.4, -0.2) is 81.9 Å². The van der Waals surface area contributed by atoms with Crippen molar-refractivity contribution >= 4 is 28.6 Å². The summed E-state index contributed by atoms with van der Waals surface area (Å²) in [6.07, 6.45) is 3.30. The molecule has 2 heterocycles. The van der Waals surface area contributed by atoms with Gasteiger partial charge in [-0.05, 0) is 96.6 Å². The fraction of sp³-hybridized carbons (Fsp3) is 0.324. The number of benzene rings is 4. The van der Waals surface area contributed by atoms with E-state index in [9.17, 15) is 19.5 Å². The largest absolute Gasteiger partial charge is 0.491 e. The molecule has 46 heavy (non-hydrogen) atoms. The number of carboxylic acid groups (broad SMARTS) is 2. The summed E-state index contributed by atoms with van der Waals surface area (Å²) in [5, 5.41) is 30.1. The van der Waals surface area contributed by atoms with Crippen LogP contribution in [0.3, 0.4) is 0 Å². The second-order valence-corrected chi connectivity index (χ2v) is 11.9. The Labute approximate surface area is 268 Å². The summed E-state index contributed by atoms with van der Waals surface area (Å²) in [6, 6.07) is 28.3. The number of β-amino-alcohol motifs (C(OH)–C–C–N with tert-alkyl or cyclic N) is 1. The summed E-state index contributed by atoms with van der Waals surface area (Å²) >= 11 is 0. The maximum Gasteiger partial charge on any atom is 0.335 e. The van der Waals surface area contributed by atoms with Crippen molar-refractivity contribution in [1.29, 1.82) is 0 Å². The molecule has 9 heteroatoms. The molecule has 3 N–H and O–H groups in total. The van der Waals surface area contributed by atoms with E-state index in [0.29, 0.717) is 25.4 Å². The van der Waals surface area contributed by atoms with E-state index in [1.165, 1.54) is 40.6 Å². The highest BCUT2D eigenvalue weighted by molar-refractivity contribution is 5.91. The minimum Gasteiger partial charge on any atom is -0.491 e. The van der Waals surface area contributed by atoms with Gasteiger partial charge in [-0.3, -0.25) is 4.79 Å². The van der Waals surface area contributed by atoms with E-state index in [1.807, 2.05) is 29.2 Å². The van der Waals surface area contributed by atoms with Crippen LogP contribution in [0, 0.1) is 0 Å². The van der Waals surface area contributed by atoms with Crippen LogP contribution in [-0.2, 0) is 11.3 Å². The SMILES string of the molecule is O=C(O)c1ccc(C(=O)O)cc1.O=C1CCCN1Cc1cccc(OC[C@@H](O)CN2CCC(c3ccc4ccccc4c3)CC2)c1. The Morgan fingerprint density at radius 3 is 2.11 bits per heavy atom. The fourth-order valence-electron chi connectivity index (χ4n) is 6.03. The van der Waals surface area contributed by atoms with Gasteiger partial charge in [0.2, 0.25) is 5.91 Å². The van der Waals surface area contributed by atoms with Crippen molar-refractivity contribution in [2.45, 2.75) is 44.2 Å². The number of nitrogens with zero attached hydrogens (tertiary/aromatic N) is 2. The van der Waals surface area contributed by atoms with E-state index in [0.717, 1.165) is 50.2 Å². The van der Waals surface area contributed by atoms with Crippen molar-refractivity contribution in [2.75, 3.05) is 32.8 Å². The molecule has 4 aromatic carbocycles. The number of carboxylic acids is 2. The van der Waals surface area contributed by atoms with E-state index in [-0.39, 0.29) is 23.6 Å². The van der Waals surface area contributed by atoms with E-state index in [4.69, 9.17) is 14.9 Å². The Morgan fingerprint density at radius 2 is 1.48 bits per heavy atom. The molecule has 0 unspecified atom stereocenters. The van der Waals surface area contributed by atoms with Crippen molar-refractivity contribution in [3.05, 3.63) is 113 Å². The molecule has 2 fully saturated rings.